The van der Waals surface area contributed by atoms with Gasteiger partial charge in [-0.2, -0.15) is 13.2 Å². The highest BCUT2D eigenvalue weighted by Gasteiger charge is 2.29. The lowest BCUT2D eigenvalue weighted by Gasteiger charge is -2.10. The average Bonchev–Trinajstić information content (AvgIpc) is 2.30. The molecule has 17 heavy (non-hydrogen) atoms. The number of benzene rings is 1. The monoisotopic (exact) mass is 240 g/mol. The Bertz CT molecular complexity index is 395. The molecule has 0 aromatic heterocycles. The lowest BCUT2D eigenvalue weighted by atomic mass is 9.49. The molecule has 1 aromatic carbocycles. The predicted octanol–water partition coefficient (Wildman–Crippen LogP) is 3.23. The fourth-order valence-electron chi connectivity index (χ4n) is 1.30. The van der Waals surface area contributed by atoms with Crippen LogP contribution in [0.4, 0.5) is 18.9 Å². The third-order valence-corrected chi connectivity index (χ3v) is 2.44. The fourth-order valence-corrected chi connectivity index (χ4v) is 1.30. The molecule has 1 aromatic rings. The minimum atomic E-state index is -4.31. The van der Waals surface area contributed by atoms with Crippen molar-refractivity contribution in [1.82, 2.24) is 0 Å². The molecule has 0 atom stereocenters. The summed E-state index contributed by atoms with van der Waals surface area (Å²) in [6, 6.07) is 4.78. The van der Waals surface area contributed by atoms with E-state index in [9.17, 15) is 13.2 Å². The first-order chi connectivity index (χ1) is 7.97. The van der Waals surface area contributed by atoms with Gasteiger partial charge in [0.2, 0.25) is 0 Å². The maximum absolute atomic E-state index is 12.3. The van der Waals surface area contributed by atoms with Crippen LogP contribution in [0.5, 0.6) is 0 Å². The van der Waals surface area contributed by atoms with Crippen molar-refractivity contribution in [3.8, 4) is 5.97 Å². The summed E-state index contributed by atoms with van der Waals surface area (Å²) in [6.07, 6.45) is -3.15. The predicted molar refractivity (Wildman–Crippen MR) is 61.8 cm³/mol. The summed E-state index contributed by atoms with van der Waals surface area (Å²) in [6.45, 7) is 1.76. The Kier molecular flexibility index (Phi) is 4.44. The first-order valence-corrected chi connectivity index (χ1v) is 5.28. The van der Waals surface area contributed by atoms with Crippen LogP contribution < -0.4 is 5.32 Å². The summed E-state index contributed by atoms with van der Waals surface area (Å²) in [5, 5.41) is 11.7. The Morgan fingerprint density at radius 3 is 2.29 bits per heavy atom. The molecule has 0 aliphatic heterocycles. The van der Waals surface area contributed by atoms with Crippen LogP contribution in [0.25, 0.3) is 0 Å². The molecule has 2 nitrogen and oxygen atoms in total. The highest BCUT2D eigenvalue weighted by molar-refractivity contribution is 6.67. The van der Waals surface area contributed by atoms with E-state index in [0.29, 0.717) is 18.5 Å². The number of rotatable bonds is 4. The summed E-state index contributed by atoms with van der Waals surface area (Å²) in [7, 11) is 0. The van der Waals surface area contributed by atoms with Gasteiger partial charge in [-0.1, -0.05) is 13.2 Å². The van der Waals surface area contributed by atoms with Gasteiger partial charge in [-0.05, 0) is 24.3 Å². The number of halogens is 3. The molecule has 0 fully saturated rings. The zero-order valence-electron chi connectivity index (χ0n) is 9.38. The van der Waals surface area contributed by atoms with Gasteiger partial charge >= 0.3 is 6.18 Å². The molecule has 1 rings (SSSR count). The Morgan fingerprint density at radius 2 is 1.88 bits per heavy atom. The van der Waals surface area contributed by atoms with E-state index in [1.165, 1.54) is 12.1 Å². The number of hydrogen-bond donors (Lipinski definition) is 1. The van der Waals surface area contributed by atoms with E-state index in [0.717, 1.165) is 12.1 Å². The van der Waals surface area contributed by atoms with Crippen LogP contribution in [0.3, 0.4) is 0 Å². The molecular formula is C11H12BF3N2. The van der Waals surface area contributed by atoms with E-state index < -0.39 is 11.7 Å². The van der Waals surface area contributed by atoms with Gasteiger partial charge in [0, 0.05) is 18.1 Å². The van der Waals surface area contributed by atoms with Crippen LogP contribution in [-0.4, -0.2) is 13.2 Å². The van der Waals surface area contributed by atoms with Gasteiger partial charge < -0.3 is 5.32 Å². The molecule has 0 unspecified atom stereocenters. The minimum Gasteiger partial charge on any atom is -0.391 e. The molecule has 0 amide bonds. The van der Waals surface area contributed by atoms with E-state index in [2.05, 4.69) is 11.3 Å². The molecule has 6 heteroatoms. The summed E-state index contributed by atoms with van der Waals surface area (Å²) in [5.74, 6) is 2.12. The van der Waals surface area contributed by atoms with E-state index in [1.807, 2.05) is 6.92 Å². The summed E-state index contributed by atoms with van der Waals surface area (Å²) in [5.41, 5.74) is -0.0814. The molecule has 0 aliphatic carbocycles. The topological polar surface area (TPSA) is 35.8 Å². The summed E-state index contributed by atoms with van der Waals surface area (Å²) < 4.78 is 36.8. The Morgan fingerprint density at radius 1 is 1.29 bits per heavy atom. The lowest BCUT2D eigenvalue weighted by molar-refractivity contribution is -0.137. The quantitative estimate of drug-likeness (QED) is 0.820. The SMILES string of the molecule is CCB(C#N)CNc1ccc(C(F)(F)F)cc1. The second-order valence-electron chi connectivity index (χ2n) is 3.69. The van der Waals surface area contributed by atoms with Crippen LogP contribution in [-0.2, 0) is 6.18 Å². The maximum Gasteiger partial charge on any atom is 0.416 e. The van der Waals surface area contributed by atoms with Crippen LogP contribution in [0.15, 0.2) is 24.3 Å². The van der Waals surface area contributed by atoms with Crippen molar-refractivity contribution >= 4 is 12.4 Å². The Hall–Kier alpha value is -1.64. The van der Waals surface area contributed by atoms with Gasteiger partial charge in [-0.15, -0.1) is 0 Å². The van der Waals surface area contributed by atoms with Gasteiger partial charge in [0.1, 0.15) is 0 Å². The van der Waals surface area contributed by atoms with Gasteiger partial charge in [-0.3, -0.25) is 0 Å². The van der Waals surface area contributed by atoms with Crippen LogP contribution >= 0.6 is 0 Å². The minimum absolute atomic E-state index is 0.128. The summed E-state index contributed by atoms with van der Waals surface area (Å²) in [4.78, 5) is 0. The van der Waals surface area contributed by atoms with E-state index in [-0.39, 0.29) is 6.71 Å². The van der Waals surface area contributed by atoms with Crippen LogP contribution in [0, 0.1) is 11.2 Å². The Balaban J connectivity index is 2.61. The first kappa shape index (κ1) is 13.4. The standard InChI is InChI=1S/C11H12BF3N2/c1-2-12(7-16)8-17-10-5-3-9(4-6-10)11(13,14)15/h3-6,17H,2,8H2,1H3. The molecule has 1 N–H and O–H groups in total. The van der Waals surface area contributed by atoms with Gasteiger partial charge in [-0.25, -0.2) is 5.26 Å². The van der Waals surface area contributed by atoms with Gasteiger partial charge in [0.05, 0.1) is 5.56 Å². The van der Waals surface area contributed by atoms with Crippen molar-refractivity contribution in [1.29, 1.82) is 5.26 Å². The lowest BCUT2D eigenvalue weighted by Crippen LogP contribution is -2.21. The van der Waals surface area contributed by atoms with E-state index in [1.54, 1.807) is 0 Å². The molecule has 0 heterocycles. The highest BCUT2D eigenvalue weighted by Crippen LogP contribution is 2.29. The number of alkyl halides is 3. The highest BCUT2D eigenvalue weighted by atomic mass is 19.4. The largest absolute Gasteiger partial charge is 0.416 e. The Labute approximate surface area is 98.5 Å². The normalized spacial score (nSPS) is 10.8. The van der Waals surface area contributed by atoms with E-state index in [4.69, 9.17) is 5.26 Å². The second kappa shape index (κ2) is 5.62. The van der Waals surface area contributed by atoms with Gasteiger partial charge in [0.25, 0.3) is 6.71 Å². The number of nitrogens with one attached hydrogen (secondary N) is 1. The second-order valence-corrected chi connectivity index (χ2v) is 3.69. The van der Waals surface area contributed by atoms with E-state index >= 15 is 0 Å². The zero-order chi connectivity index (χ0) is 12.9. The van der Waals surface area contributed by atoms with Crippen LogP contribution in [0.2, 0.25) is 6.32 Å². The molecule has 0 radical (unpaired) electrons. The maximum atomic E-state index is 12.3. The molecule has 0 saturated carbocycles. The molecule has 0 aliphatic rings. The molecule has 0 saturated heterocycles. The van der Waals surface area contributed by atoms with Crippen molar-refractivity contribution in [2.45, 2.75) is 19.4 Å². The van der Waals surface area contributed by atoms with Crippen molar-refractivity contribution in [3.05, 3.63) is 29.8 Å². The van der Waals surface area contributed by atoms with Gasteiger partial charge in [0.15, 0.2) is 0 Å². The number of hydrogen-bond acceptors (Lipinski definition) is 2. The number of nitriles is 1. The number of nitrogens with zero attached hydrogens (tertiary/aromatic N) is 1. The molecule has 0 spiro atoms. The molecule has 0 bridgehead atoms. The van der Waals surface area contributed by atoms with Crippen molar-refractivity contribution in [2.75, 3.05) is 11.8 Å². The first-order valence-electron chi connectivity index (χ1n) is 5.28. The number of anilines is 1. The smallest absolute Gasteiger partial charge is 0.391 e. The fraction of sp³-hybridized carbons (Fsp3) is 0.364. The zero-order valence-corrected chi connectivity index (χ0v) is 9.38. The van der Waals surface area contributed by atoms with Crippen molar-refractivity contribution < 1.29 is 13.2 Å². The average molecular weight is 240 g/mol. The third kappa shape index (κ3) is 4.02. The third-order valence-electron chi connectivity index (χ3n) is 2.44. The molecule has 90 valence electrons. The van der Waals surface area contributed by atoms with Crippen molar-refractivity contribution in [3.63, 3.8) is 0 Å². The molecular weight excluding hydrogens is 228 g/mol. The summed E-state index contributed by atoms with van der Waals surface area (Å²) >= 11 is 0. The van der Waals surface area contributed by atoms with Crippen molar-refractivity contribution in [2.24, 2.45) is 0 Å². The van der Waals surface area contributed by atoms with Crippen LogP contribution in [0.1, 0.15) is 12.5 Å².